The van der Waals surface area contributed by atoms with Gasteiger partial charge in [0.05, 0.1) is 6.61 Å². The number of carbonyl (C=O) groups excluding carboxylic acids is 1. The molecule has 0 atom stereocenters. The molecule has 0 aliphatic rings. The van der Waals surface area contributed by atoms with Crippen LogP contribution in [-0.2, 0) is 4.74 Å². The second-order valence-electron chi connectivity index (χ2n) is 4.62. The summed E-state index contributed by atoms with van der Waals surface area (Å²) in [5.41, 5.74) is 5.80. The summed E-state index contributed by atoms with van der Waals surface area (Å²) in [6.45, 7) is 5.88. The van der Waals surface area contributed by atoms with Crippen LogP contribution in [0.3, 0.4) is 0 Å². The lowest BCUT2D eigenvalue weighted by atomic mass is 10.2. The molecule has 0 aliphatic heterocycles. The summed E-state index contributed by atoms with van der Waals surface area (Å²) >= 11 is 1.28. The number of nitrogens with zero attached hydrogens (tertiary/aromatic N) is 2. The van der Waals surface area contributed by atoms with Crippen molar-refractivity contribution >= 4 is 28.2 Å². The lowest BCUT2D eigenvalue weighted by molar-refractivity contribution is 0.0678. The number of carbonyl (C=O) groups is 1. The van der Waals surface area contributed by atoms with Gasteiger partial charge in [0.25, 0.3) is 5.91 Å². The van der Waals surface area contributed by atoms with Gasteiger partial charge in [0.15, 0.2) is 5.13 Å². The number of nitrogens with one attached hydrogen (secondary N) is 1. The van der Waals surface area contributed by atoms with E-state index < -0.39 is 0 Å². The number of amides is 1. The van der Waals surface area contributed by atoms with Crippen LogP contribution in [0.5, 0.6) is 0 Å². The number of nitrogen functional groups attached to an aromatic ring is 1. The van der Waals surface area contributed by atoms with Gasteiger partial charge in [-0.15, -0.1) is 0 Å². The Morgan fingerprint density at radius 1 is 1.58 bits per heavy atom. The summed E-state index contributed by atoms with van der Waals surface area (Å²) in [5, 5.41) is 3.55. The quantitative estimate of drug-likeness (QED) is 0.794. The Balaban J connectivity index is 2.87. The van der Waals surface area contributed by atoms with Crippen molar-refractivity contribution in [2.24, 2.45) is 5.92 Å². The summed E-state index contributed by atoms with van der Waals surface area (Å²) in [5.74, 6) is 0.589. The number of anilines is 2. The maximum absolute atomic E-state index is 12.5. The van der Waals surface area contributed by atoms with Gasteiger partial charge in [-0.3, -0.25) is 4.79 Å². The number of thiazole rings is 1. The number of hydrogen-bond acceptors (Lipinski definition) is 6. The molecule has 108 valence electrons. The molecule has 1 aromatic heterocycles. The van der Waals surface area contributed by atoms with Gasteiger partial charge in [0.2, 0.25) is 0 Å². The standard InChI is InChI=1S/C12H22N4O2S/c1-8(2)7-16(5-6-18-4)11(17)9-10(13)15-12(14-3)19-9/h8H,5-7,13H2,1-4H3,(H,14,15). The van der Waals surface area contributed by atoms with E-state index in [4.69, 9.17) is 10.5 Å². The number of methoxy groups -OCH3 is 1. The van der Waals surface area contributed by atoms with Crippen LogP contribution in [0.2, 0.25) is 0 Å². The van der Waals surface area contributed by atoms with Gasteiger partial charge in [0, 0.05) is 27.2 Å². The highest BCUT2D eigenvalue weighted by atomic mass is 32.1. The number of rotatable bonds is 7. The average Bonchev–Trinajstić information content (AvgIpc) is 2.74. The molecule has 0 aromatic carbocycles. The van der Waals surface area contributed by atoms with Gasteiger partial charge < -0.3 is 20.7 Å². The van der Waals surface area contributed by atoms with Crippen molar-refractivity contribution in [2.75, 3.05) is 44.9 Å². The molecule has 0 radical (unpaired) electrons. The van der Waals surface area contributed by atoms with Crippen molar-refractivity contribution < 1.29 is 9.53 Å². The maximum atomic E-state index is 12.5. The highest BCUT2D eigenvalue weighted by molar-refractivity contribution is 7.18. The molecule has 3 N–H and O–H groups in total. The fourth-order valence-electron chi connectivity index (χ4n) is 1.65. The van der Waals surface area contributed by atoms with Crippen molar-refractivity contribution in [1.29, 1.82) is 0 Å². The third-order valence-electron chi connectivity index (χ3n) is 2.50. The Bertz CT molecular complexity index is 420. The molecule has 1 aromatic rings. The largest absolute Gasteiger partial charge is 0.383 e. The molecular weight excluding hydrogens is 264 g/mol. The van der Waals surface area contributed by atoms with Crippen LogP contribution in [0.1, 0.15) is 23.5 Å². The molecule has 0 aliphatic carbocycles. The van der Waals surface area contributed by atoms with Crippen LogP contribution < -0.4 is 11.1 Å². The zero-order valence-electron chi connectivity index (χ0n) is 11.9. The zero-order chi connectivity index (χ0) is 14.4. The van der Waals surface area contributed by atoms with Crippen molar-refractivity contribution in [3.63, 3.8) is 0 Å². The monoisotopic (exact) mass is 286 g/mol. The SMILES string of the molecule is CNc1nc(N)c(C(=O)N(CCOC)CC(C)C)s1. The first-order chi connectivity index (χ1) is 8.99. The molecule has 0 bridgehead atoms. The lowest BCUT2D eigenvalue weighted by Crippen LogP contribution is -2.36. The topological polar surface area (TPSA) is 80.5 Å². The molecule has 0 saturated carbocycles. The van der Waals surface area contributed by atoms with E-state index in [-0.39, 0.29) is 11.7 Å². The van der Waals surface area contributed by atoms with Crippen molar-refractivity contribution in [3.05, 3.63) is 4.88 Å². The van der Waals surface area contributed by atoms with Crippen molar-refractivity contribution in [1.82, 2.24) is 9.88 Å². The minimum Gasteiger partial charge on any atom is -0.383 e. The molecule has 0 spiro atoms. The van der Waals surface area contributed by atoms with Crippen LogP contribution in [-0.4, -0.2) is 49.6 Å². The van der Waals surface area contributed by atoms with E-state index in [1.165, 1.54) is 11.3 Å². The minimum absolute atomic E-state index is 0.0812. The summed E-state index contributed by atoms with van der Waals surface area (Å²) in [4.78, 5) is 18.8. The average molecular weight is 286 g/mol. The van der Waals surface area contributed by atoms with E-state index in [2.05, 4.69) is 24.1 Å². The van der Waals surface area contributed by atoms with Crippen LogP contribution in [0, 0.1) is 5.92 Å². The van der Waals surface area contributed by atoms with Crippen molar-refractivity contribution in [3.8, 4) is 0 Å². The smallest absolute Gasteiger partial charge is 0.267 e. The van der Waals surface area contributed by atoms with E-state index >= 15 is 0 Å². The van der Waals surface area contributed by atoms with Crippen LogP contribution >= 0.6 is 11.3 Å². The third-order valence-corrected chi connectivity index (χ3v) is 3.58. The molecule has 6 nitrogen and oxygen atoms in total. The first-order valence-corrected chi connectivity index (χ1v) is 7.03. The molecule has 7 heteroatoms. The van der Waals surface area contributed by atoms with Gasteiger partial charge >= 0.3 is 0 Å². The molecule has 0 saturated heterocycles. The predicted molar refractivity (Wildman–Crippen MR) is 78.7 cm³/mol. The molecule has 19 heavy (non-hydrogen) atoms. The van der Waals surface area contributed by atoms with Gasteiger partial charge in [-0.25, -0.2) is 4.98 Å². The van der Waals surface area contributed by atoms with Crippen molar-refractivity contribution in [2.45, 2.75) is 13.8 Å². The predicted octanol–water partition coefficient (Wildman–Crippen LogP) is 1.51. The summed E-state index contributed by atoms with van der Waals surface area (Å²) in [7, 11) is 3.38. The highest BCUT2D eigenvalue weighted by Gasteiger charge is 2.22. The molecule has 1 amide bonds. The van der Waals surface area contributed by atoms with Gasteiger partial charge in [0.1, 0.15) is 10.7 Å². The molecule has 0 fully saturated rings. The normalized spacial score (nSPS) is 10.8. The fourth-order valence-corrected chi connectivity index (χ4v) is 2.46. The minimum atomic E-state index is -0.0812. The Hall–Kier alpha value is -1.34. The molecular formula is C12H22N4O2S. The number of ether oxygens (including phenoxy) is 1. The second kappa shape index (κ2) is 7.30. The molecule has 1 heterocycles. The summed E-state index contributed by atoms with van der Waals surface area (Å²) < 4.78 is 5.05. The zero-order valence-corrected chi connectivity index (χ0v) is 12.7. The van der Waals surface area contributed by atoms with E-state index in [0.29, 0.717) is 35.6 Å². The van der Waals surface area contributed by atoms with Gasteiger partial charge in [-0.05, 0) is 5.92 Å². The Morgan fingerprint density at radius 2 is 2.26 bits per heavy atom. The number of aromatic nitrogens is 1. The maximum Gasteiger partial charge on any atom is 0.267 e. The number of nitrogens with two attached hydrogens (primary N) is 1. The molecule has 1 rings (SSSR count). The first kappa shape index (κ1) is 15.7. The Labute approximate surface area is 118 Å². The summed E-state index contributed by atoms with van der Waals surface area (Å²) in [6.07, 6.45) is 0. The van der Waals surface area contributed by atoms with Crippen LogP contribution in [0.25, 0.3) is 0 Å². The highest BCUT2D eigenvalue weighted by Crippen LogP contribution is 2.26. The first-order valence-electron chi connectivity index (χ1n) is 6.21. The Morgan fingerprint density at radius 3 is 2.74 bits per heavy atom. The Kier molecular flexibility index (Phi) is 6.04. The molecule has 0 unspecified atom stereocenters. The van der Waals surface area contributed by atoms with E-state index in [1.807, 2.05) is 0 Å². The third kappa shape index (κ3) is 4.36. The van der Waals surface area contributed by atoms with Crippen LogP contribution in [0.4, 0.5) is 10.9 Å². The van der Waals surface area contributed by atoms with Gasteiger partial charge in [-0.1, -0.05) is 25.2 Å². The lowest BCUT2D eigenvalue weighted by Gasteiger charge is -2.23. The van der Waals surface area contributed by atoms with E-state index in [9.17, 15) is 4.79 Å². The van der Waals surface area contributed by atoms with Crippen LogP contribution in [0.15, 0.2) is 0 Å². The number of hydrogen-bond donors (Lipinski definition) is 2. The summed E-state index contributed by atoms with van der Waals surface area (Å²) in [6, 6.07) is 0. The van der Waals surface area contributed by atoms with E-state index in [0.717, 1.165) is 0 Å². The van der Waals surface area contributed by atoms with E-state index in [1.54, 1.807) is 19.1 Å². The fraction of sp³-hybridized carbons (Fsp3) is 0.667. The van der Waals surface area contributed by atoms with Gasteiger partial charge in [-0.2, -0.15) is 0 Å². The second-order valence-corrected chi connectivity index (χ2v) is 5.62.